The van der Waals surface area contributed by atoms with Crippen LogP contribution in [0.2, 0.25) is 0 Å². The molecule has 1 heterocycles. The Morgan fingerprint density at radius 3 is 2.69 bits per heavy atom. The van der Waals surface area contributed by atoms with Crippen LogP contribution in [0.3, 0.4) is 0 Å². The first kappa shape index (κ1) is 10.8. The molecule has 4 heteroatoms. The van der Waals surface area contributed by atoms with Gasteiger partial charge in [-0.3, -0.25) is 0 Å². The van der Waals surface area contributed by atoms with E-state index >= 15 is 0 Å². The Morgan fingerprint density at radius 2 is 2.06 bits per heavy atom. The molecule has 0 saturated heterocycles. The lowest BCUT2D eigenvalue weighted by molar-refractivity contribution is 0.397. The molecule has 0 atom stereocenters. The largest absolute Gasteiger partial charge is 0.497 e. The molecule has 4 nitrogen and oxygen atoms in total. The Morgan fingerprint density at radius 1 is 1.25 bits per heavy atom. The van der Waals surface area contributed by atoms with Crippen molar-refractivity contribution in [3.05, 3.63) is 23.9 Å². The minimum absolute atomic E-state index is 0.631. The van der Waals surface area contributed by atoms with E-state index in [2.05, 4.69) is 4.98 Å². The van der Waals surface area contributed by atoms with E-state index in [-0.39, 0.29) is 0 Å². The number of aromatic amines is 1. The molecule has 3 N–H and O–H groups in total. The van der Waals surface area contributed by atoms with Crippen molar-refractivity contribution >= 4 is 10.9 Å². The molecular formula is C12H16N2O2. The van der Waals surface area contributed by atoms with E-state index in [1.54, 1.807) is 14.2 Å². The number of hydrogen-bond acceptors (Lipinski definition) is 3. The van der Waals surface area contributed by atoms with Crippen molar-refractivity contribution in [2.24, 2.45) is 5.73 Å². The second-order valence-corrected chi connectivity index (χ2v) is 3.60. The lowest BCUT2D eigenvalue weighted by Gasteiger charge is -2.06. The average molecular weight is 220 g/mol. The quantitative estimate of drug-likeness (QED) is 0.824. The fourth-order valence-corrected chi connectivity index (χ4v) is 1.87. The minimum atomic E-state index is 0.631. The van der Waals surface area contributed by atoms with Gasteiger partial charge in [-0.25, -0.2) is 0 Å². The van der Waals surface area contributed by atoms with E-state index in [4.69, 9.17) is 15.2 Å². The van der Waals surface area contributed by atoms with Crippen LogP contribution < -0.4 is 15.2 Å². The Hall–Kier alpha value is -1.68. The molecule has 0 aliphatic heterocycles. The van der Waals surface area contributed by atoms with E-state index < -0.39 is 0 Å². The van der Waals surface area contributed by atoms with Gasteiger partial charge in [0.25, 0.3) is 0 Å². The molecule has 0 aliphatic carbocycles. The number of nitrogens with two attached hydrogens (primary N) is 1. The third-order valence-electron chi connectivity index (χ3n) is 2.68. The maximum absolute atomic E-state index is 5.58. The number of benzene rings is 1. The summed E-state index contributed by atoms with van der Waals surface area (Å²) in [5.74, 6) is 1.58. The van der Waals surface area contributed by atoms with Crippen molar-refractivity contribution in [1.29, 1.82) is 0 Å². The molecule has 0 radical (unpaired) electrons. The summed E-state index contributed by atoms with van der Waals surface area (Å²) < 4.78 is 10.6. The van der Waals surface area contributed by atoms with Crippen LogP contribution in [0.1, 0.15) is 5.56 Å². The van der Waals surface area contributed by atoms with Crippen LogP contribution in [-0.4, -0.2) is 25.7 Å². The van der Waals surface area contributed by atoms with Crippen molar-refractivity contribution in [3.63, 3.8) is 0 Å². The lowest BCUT2D eigenvalue weighted by Crippen LogP contribution is -2.01. The van der Waals surface area contributed by atoms with Crippen LogP contribution in [0.15, 0.2) is 18.3 Å². The number of methoxy groups -OCH3 is 2. The van der Waals surface area contributed by atoms with Crippen LogP contribution in [0.5, 0.6) is 11.5 Å². The fourth-order valence-electron chi connectivity index (χ4n) is 1.87. The Labute approximate surface area is 94.3 Å². The van der Waals surface area contributed by atoms with E-state index in [0.717, 1.165) is 28.8 Å². The molecule has 0 spiro atoms. The third-order valence-corrected chi connectivity index (χ3v) is 2.68. The molecule has 2 aromatic rings. The number of fused-ring (bicyclic) bond motifs is 1. The van der Waals surface area contributed by atoms with E-state index in [9.17, 15) is 0 Å². The van der Waals surface area contributed by atoms with Gasteiger partial charge in [0.1, 0.15) is 11.5 Å². The summed E-state index contributed by atoms with van der Waals surface area (Å²) in [6.07, 6.45) is 2.82. The van der Waals surface area contributed by atoms with Crippen LogP contribution in [0.4, 0.5) is 0 Å². The van der Waals surface area contributed by atoms with Crippen LogP contribution in [0.25, 0.3) is 10.9 Å². The molecule has 0 saturated carbocycles. The number of hydrogen-bond donors (Lipinski definition) is 2. The molecule has 1 aromatic heterocycles. The fraction of sp³-hybridized carbons (Fsp3) is 0.333. The van der Waals surface area contributed by atoms with Gasteiger partial charge >= 0.3 is 0 Å². The van der Waals surface area contributed by atoms with Crippen molar-refractivity contribution < 1.29 is 9.47 Å². The predicted molar refractivity (Wildman–Crippen MR) is 64.2 cm³/mol. The van der Waals surface area contributed by atoms with Crippen molar-refractivity contribution in [2.45, 2.75) is 6.42 Å². The summed E-state index contributed by atoms with van der Waals surface area (Å²) >= 11 is 0. The Kier molecular flexibility index (Phi) is 3.01. The second kappa shape index (κ2) is 4.45. The number of rotatable bonds is 4. The highest BCUT2D eigenvalue weighted by Crippen LogP contribution is 2.32. The first-order chi connectivity index (χ1) is 7.80. The predicted octanol–water partition coefficient (Wildman–Crippen LogP) is 1.69. The SMILES string of the molecule is COc1cc(OC)c2[nH]cc(CCN)c2c1. The number of aromatic nitrogens is 1. The van der Waals surface area contributed by atoms with Gasteiger partial charge in [0.05, 0.1) is 19.7 Å². The monoisotopic (exact) mass is 220 g/mol. The van der Waals surface area contributed by atoms with Gasteiger partial charge in [0.15, 0.2) is 0 Å². The van der Waals surface area contributed by atoms with Gasteiger partial charge in [-0.15, -0.1) is 0 Å². The highest BCUT2D eigenvalue weighted by Gasteiger charge is 2.10. The zero-order valence-corrected chi connectivity index (χ0v) is 9.54. The summed E-state index contributed by atoms with van der Waals surface area (Å²) in [5, 5.41) is 1.11. The molecule has 2 rings (SSSR count). The van der Waals surface area contributed by atoms with E-state index in [1.165, 1.54) is 5.56 Å². The molecule has 16 heavy (non-hydrogen) atoms. The molecule has 0 aliphatic rings. The van der Waals surface area contributed by atoms with Gasteiger partial charge < -0.3 is 20.2 Å². The first-order valence-electron chi connectivity index (χ1n) is 5.22. The van der Waals surface area contributed by atoms with Crippen molar-refractivity contribution in [1.82, 2.24) is 4.98 Å². The Balaban J connectivity index is 2.62. The van der Waals surface area contributed by atoms with Crippen LogP contribution in [-0.2, 0) is 6.42 Å². The number of H-pyrrole nitrogens is 1. The van der Waals surface area contributed by atoms with E-state index in [0.29, 0.717) is 6.54 Å². The summed E-state index contributed by atoms with van der Waals surface area (Å²) in [6, 6.07) is 3.87. The molecular weight excluding hydrogens is 204 g/mol. The molecule has 1 aromatic carbocycles. The van der Waals surface area contributed by atoms with Gasteiger partial charge in [-0.1, -0.05) is 0 Å². The first-order valence-corrected chi connectivity index (χ1v) is 5.22. The topological polar surface area (TPSA) is 60.3 Å². The molecule has 86 valence electrons. The van der Waals surface area contributed by atoms with Gasteiger partial charge in [-0.2, -0.15) is 0 Å². The van der Waals surface area contributed by atoms with Crippen LogP contribution >= 0.6 is 0 Å². The van der Waals surface area contributed by atoms with Gasteiger partial charge in [-0.05, 0) is 24.6 Å². The maximum Gasteiger partial charge on any atom is 0.146 e. The summed E-state index contributed by atoms with van der Waals surface area (Å²) in [7, 11) is 3.30. The minimum Gasteiger partial charge on any atom is -0.497 e. The summed E-state index contributed by atoms with van der Waals surface area (Å²) in [4.78, 5) is 3.21. The summed E-state index contributed by atoms with van der Waals surface area (Å²) in [6.45, 7) is 0.631. The summed E-state index contributed by atoms with van der Waals surface area (Å²) in [5.41, 5.74) is 7.76. The van der Waals surface area contributed by atoms with Crippen LogP contribution in [0, 0.1) is 0 Å². The third kappa shape index (κ3) is 1.72. The smallest absolute Gasteiger partial charge is 0.146 e. The highest BCUT2D eigenvalue weighted by molar-refractivity contribution is 5.90. The standard InChI is InChI=1S/C12H16N2O2/c1-15-9-5-10-8(3-4-13)7-14-12(10)11(6-9)16-2/h5-7,14H,3-4,13H2,1-2H3. The maximum atomic E-state index is 5.58. The average Bonchev–Trinajstić information content (AvgIpc) is 2.72. The number of nitrogens with one attached hydrogen (secondary N) is 1. The van der Waals surface area contributed by atoms with Crippen molar-refractivity contribution in [3.8, 4) is 11.5 Å². The zero-order valence-electron chi connectivity index (χ0n) is 9.54. The molecule has 0 bridgehead atoms. The number of ether oxygens (including phenoxy) is 2. The highest BCUT2D eigenvalue weighted by atomic mass is 16.5. The second-order valence-electron chi connectivity index (χ2n) is 3.60. The zero-order chi connectivity index (χ0) is 11.5. The van der Waals surface area contributed by atoms with Gasteiger partial charge in [0.2, 0.25) is 0 Å². The normalized spacial score (nSPS) is 10.7. The molecule has 0 amide bonds. The lowest BCUT2D eigenvalue weighted by atomic mass is 10.1. The Bertz CT molecular complexity index is 491. The van der Waals surface area contributed by atoms with E-state index in [1.807, 2.05) is 18.3 Å². The van der Waals surface area contributed by atoms with Crippen molar-refractivity contribution in [2.75, 3.05) is 20.8 Å². The molecule has 0 fully saturated rings. The van der Waals surface area contributed by atoms with Gasteiger partial charge in [0, 0.05) is 17.6 Å². The molecule has 0 unspecified atom stereocenters.